The molecule has 0 amide bonds. The van der Waals surface area contributed by atoms with Crippen LogP contribution in [0.3, 0.4) is 0 Å². The Morgan fingerprint density at radius 1 is 1.36 bits per heavy atom. The second-order valence-electron chi connectivity index (χ2n) is 3.38. The highest BCUT2D eigenvalue weighted by atomic mass is 16.3. The quantitative estimate of drug-likeness (QED) is 0.614. The van der Waals surface area contributed by atoms with E-state index in [1.165, 1.54) is 0 Å². The van der Waals surface area contributed by atoms with Crippen LogP contribution >= 0.6 is 0 Å². The number of furan rings is 1. The van der Waals surface area contributed by atoms with Crippen LogP contribution in [-0.2, 0) is 0 Å². The average Bonchev–Trinajstić information content (AvgIpc) is 2.51. The van der Waals surface area contributed by atoms with Crippen LogP contribution in [0.25, 0.3) is 17.0 Å². The second kappa shape index (κ2) is 2.58. The zero-order chi connectivity index (χ0) is 9.54. The van der Waals surface area contributed by atoms with Gasteiger partial charge in [0.25, 0.3) is 0 Å². The molecule has 2 nitrogen and oxygen atoms in total. The minimum Gasteiger partial charge on any atom is -0.452 e. The van der Waals surface area contributed by atoms with Gasteiger partial charge in [-0.2, -0.15) is 0 Å². The molecule has 3 rings (SSSR count). The molecule has 0 atom stereocenters. The lowest BCUT2D eigenvalue weighted by molar-refractivity contribution is 0.605. The Morgan fingerprint density at radius 2 is 2.29 bits per heavy atom. The normalized spacial score (nSPS) is 14.2. The Morgan fingerprint density at radius 3 is 3.21 bits per heavy atom. The number of rotatable bonds is 0. The first-order valence-corrected chi connectivity index (χ1v) is 4.50. The van der Waals surface area contributed by atoms with E-state index < -0.39 is 0 Å². The SMILES string of the molecule is CC1=Cc2cccc3o[c]c(c23)C=N1. The monoisotopic (exact) mass is 182 g/mol. The van der Waals surface area contributed by atoms with Gasteiger partial charge in [0, 0.05) is 17.3 Å². The Labute approximate surface area is 81.6 Å². The van der Waals surface area contributed by atoms with Crippen molar-refractivity contribution in [2.45, 2.75) is 6.92 Å². The third kappa shape index (κ3) is 0.940. The predicted octanol–water partition coefficient (Wildman–Crippen LogP) is 3.03. The third-order valence-corrected chi connectivity index (χ3v) is 2.36. The van der Waals surface area contributed by atoms with Crippen molar-refractivity contribution in [3.63, 3.8) is 0 Å². The fourth-order valence-electron chi connectivity index (χ4n) is 1.72. The largest absolute Gasteiger partial charge is 0.452 e. The minimum atomic E-state index is 0.870. The van der Waals surface area contributed by atoms with E-state index in [4.69, 9.17) is 4.42 Å². The molecule has 2 heteroatoms. The Hall–Kier alpha value is -1.83. The van der Waals surface area contributed by atoms with Crippen LogP contribution in [-0.4, -0.2) is 6.21 Å². The summed E-state index contributed by atoms with van der Waals surface area (Å²) in [7, 11) is 0. The van der Waals surface area contributed by atoms with E-state index >= 15 is 0 Å². The molecule has 0 N–H and O–H groups in total. The van der Waals surface area contributed by atoms with Gasteiger partial charge in [-0.05, 0) is 24.6 Å². The first-order chi connectivity index (χ1) is 6.84. The second-order valence-corrected chi connectivity index (χ2v) is 3.38. The van der Waals surface area contributed by atoms with Gasteiger partial charge in [0.1, 0.15) is 5.58 Å². The summed E-state index contributed by atoms with van der Waals surface area (Å²) in [5.74, 6) is 0. The van der Waals surface area contributed by atoms with Crippen LogP contribution in [0.4, 0.5) is 0 Å². The van der Waals surface area contributed by atoms with E-state index in [2.05, 4.69) is 23.4 Å². The van der Waals surface area contributed by atoms with E-state index in [0.29, 0.717) is 0 Å². The van der Waals surface area contributed by atoms with Crippen LogP contribution in [0.2, 0.25) is 0 Å². The summed E-state index contributed by atoms with van der Waals surface area (Å²) in [5.41, 5.74) is 3.96. The van der Waals surface area contributed by atoms with Gasteiger partial charge in [-0.25, -0.2) is 0 Å². The zero-order valence-corrected chi connectivity index (χ0v) is 7.74. The molecule has 0 unspecified atom stereocenters. The molecule has 0 aliphatic carbocycles. The predicted molar refractivity (Wildman–Crippen MR) is 56.3 cm³/mol. The number of hydrogen-bond donors (Lipinski definition) is 0. The summed E-state index contributed by atoms with van der Waals surface area (Å²) in [6, 6.07) is 5.99. The van der Waals surface area contributed by atoms with Crippen molar-refractivity contribution in [2.24, 2.45) is 4.99 Å². The lowest BCUT2D eigenvalue weighted by Gasteiger charge is -1.95. The standard InChI is InChI=1S/C12H8NO/c1-8-5-9-3-2-4-11-12(9)10(6-13-8)7-14-11/h2-6H,1H3. The van der Waals surface area contributed by atoms with E-state index in [1.54, 1.807) is 6.21 Å². The summed E-state index contributed by atoms with van der Waals surface area (Å²) in [6.45, 7) is 1.98. The molecule has 2 heterocycles. The van der Waals surface area contributed by atoms with Gasteiger partial charge < -0.3 is 4.42 Å². The molecule has 1 aromatic carbocycles. The molecular weight excluding hydrogens is 174 g/mol. The van der Waals surface area contributed by atoms with Crippen molar-refractivity contribution in [2.75, 3.05) is 0 Å². The van der Waals surface area contributed by atoms with E-state index in [1.807, 2.05) is 19.1 Å². The van der Waals surface area contributed by atoms with Crippen molar-refractivity contribution in [3.8, 4) is 0 Å². The summed E-state index contributed by atoms with van der Waals surface area (Å²) in [6.07, 6.45) is 6.71. The van der Waals surface area contributed by atoms with Crippen molar-refractivity contribution < 1.29 is 4.42 Å². The highest BCUT2D eigenvalue weighted by Crippen LogP contribution is 2.27. The topological polar surface area (TPSA) is 25.5 Å². The zero-order valence-electron chi connectivity index (χ0n) is 7.74. The maximum Gasteiger partial charge on any atom is 0.180 e. The summed E-state index contributed by atoms with van der Waals surface area (Å²) in [5, 5.41) is 1.10. The van der Waals surface area contributed by atoms with Gasteiger partial charge in [0.15, 0.2) is 6.26 Å². The van der Waals surface area contributed by atoms with Crippen molar-refractivity contribution in [3.05, 3.63) is 41.3 Å². The van der Waals surface area contributed by atoms with Crippen LogP contribution in [0, 0.1) is 6.26 Å². The van der Waals surface area contributed by atoms with Crippen molar-refractivity contribution in [1.82, 2.24) is 0 Å². The highest BCUT2D eigenvalue weighted by molar-refractivity contribution is 6.03. The van der Waals surface area contributed by atoms with Crippen LogP contribution < -0.4 is 0 Å². The van der Waals surface area contributed by atoms with Crippen LogP contribution in [0.5, 0.6) is 0 Å². The molecule has 0 bridgehead atoms. The van der Waals surface area contributed by atoms with Crippen LogP contribution in [0.1, 0.15) is 18.1 Å². The maximum atomic E-state index is 5.31. The molecule has 0 spiro atoms. The molecule has 1 aromatic heterocycles. The number of hydrogen-bond acceptors (Lipinski definition) is 2. The fraction of sp³-hybridized carbons (Fsp3) is 0.0833. The summed E-state index contributed by atoms with van der Waals surface area (Å²) < 4.78 is 5.31. The third-order valence-electron chi connectivity index (χ3n) is 2.36. The number of benzene rings is 1. The van der Waals surface area contributed by atoms with Gasteiger partial charge in [-0.1, -0.05) is 12.1 Å². The lowest BCUT2D eigenvalue weighted by atomic mass is 10.1. The molecule has 1 radical (unpaired) electrons. The smallest absolute Gasteiger partial charge is 0.180 e. The Bertz CT molecular complexity index is 561. The van der Waals surface area contributed by atoms with E-state index in [0.717, 1.165) is 27.8 Å². The molecule has 14 heavy (non-hydrogen) atoms. The minimum absolute atomic E-state index is 0.870. The maximum absolute atomic E-state index is 5.31. The number of aliphatic imine (C=N–C) groups is 1. The van der Waals surface area contributed by atoms with E-state index in [-0.39, 0.29) is 0 Å². The molecule has 0 saturated carbocycles. The van der Waals surface area contributed by atoms with Gasteiger partial charge in [-0.3, -0.25) is 4.99 Å². The lowest BCUT2D eigenvalue weighted by Crippen LogP contribution is -1.77. The van der Waals surface area contributed by atoms with Crippen molar-refractivity contribution in [1.29, 1.82) is 0 Å². The first kappa shape index (κ1) is 7.56. The highest BCUT2D eigenvalue weighted by Gasteiger charge is 2.10. The average molecular weight is 182 g/mol. The fourth-order valence-corrected chi connectivity index (χ4v) is 1.72. The van der Waals surface area contributed by atoms with Gasteiger partial charge >= 0.3 is 0 Å². The molecule has 1 aliphatic rings. The Kier molecular flexibility index (Phi) is 1.39. The molecule has 0 fully saturated rings. The first-order valence-electron chi connectivity index (χ1n) is 4.50. The molecule has 2 aromatic rings. The van der Waals surface area contributed by atoms with Crippen molar-refractivity contribution >= 4 is 23.3 Å². The Balaban J connectivity index is 2.50. The number of allylic oxidation sites excluding steroid dienone is 1. The van der Waals surface area contributed by atoms with Gasteiger partial charge in [0.05, 0.1) is 5.56 Å². The summed E-state index contributed by atoms with van der Waals surface area (Å²) >= 11 is 0. The molecular formula is C12H8NO. The van der Waals surface area contributed by atoms with Gasteiger partial charge in [-0.15, -0.1) is 0 Å². The molecule has 1 aliphatic heterocycles. The van der Waals surface area contributed by atoms with E-state index in [9.17, 15) is 0 Å². The van der Waals surface area contributed by atoms with Gasteiger partial charge in [0.2, 0.25) is 0 Å². The molecule has 67 valence electrons. The summed E-state index contributed by atoms with van der Waals surface area (Å²) in [4.78, 5) is 4.28. The van der Waals surface area contributed by atoms with Crippen LogP contribution in [0.15, 0.2) is 33.3 Å². The molecule has 0 saturated heterocycles. The number of nitrogens with zero attached hydrogens (tertiary/aromatic N) is 1.